The number of nitrogens with one attached hydrogen (secondary N) is 1. The number of aromatic nitrogens is 1. The lowest BCUT2D eigenvalue weighted by atomic mass is 9.91. The van der Waals surface area contributed by atoms with E-state index in [-0.39, 0.29) is 12.3 Å². The zero-order valence-corrected chi connectivity index (χ0v) is 13.8. The minimum Gasteiger partial charge on any atom is -0.348 e. The Kier molecular flexibility index (Phi) is 3.96. The van der Waals surface area contributed by atoms with Crippen molar-refractivity contribution in [2.45, 2.75) is 31.6 Å². The van der Waals surface area contributed by atoms with Crippen LogP contribution in [0.3, 0.4) is 0 Å². The summed E-state index contributed by atoms with van der Waals surface area (Å²) in [5.74, 6) is -1.31. The van der Waals surface area contributed by atoms with Gasteiger partial charge in [-0.25, -0.2) is 13.8 Å². The Morgan fingerprint density at radius 2 is 2.00 bits per heavy atom. The van der Waals surface area contributed by atoms with E-state index in [9.17, 15) is 13.6 Å². The van der Waals surface area contributed by atoms with Crippen molar-refractivity contribution >= 4 is 28.2 Å². The number of thiazole rings is 1. The summed E-state index contributed by atoms with van der Waals surface area (Å²) in [5, 5.41) is 3.66. The smallest absolute Gasteiger partial charge is 0.226 e. The van der Waals surface area contributed by atoms with E-state index >= 15 is 0 Å². The number of piperidine rings is 1. The van der Waals surface area contributed by atoms with Crippen LogP contribution in [0.25, 0.3) is 0 Å². The molecular formula is C17H17F2N3OS. The average molecular weight is 349 g/mol. The molecule has 0 bridgehead atoms. The Labute approximate surface area is 142 Å². The first-order valence-corrected chi connectivity index (χ1v) is 8.94. The van der Waals surface area contributed by atoms with Gasteiger partial charge in [0.1, 0.15) is 17.5 Å². The number of nitrogens with zero attached hydrogens (tertiary/aromatic N) is 2. The highest BCUT2D eigenvalue weighted by Crippen LogP contribution is 2.44. The van der Waals surface area contributed by atoms with E-state index in [1.807, 2.05) is 0 Å². The van der Waals surface area contributed by atoms with Crippen LogP contribution in [0.2, 0.25) is 0 Å². The summed E-state index contributed by atoms with van der Waals surface area (Å²) in [6, 6.07) is 3.53. The Bertz CT molecular complexity index is 786. The van der Waals surface area contributed by atoms with Crippen molar-refractivity contribution in [2.75, 3.05) is 23.3 Å². The first-order chi connectivity index (χ1) is 11.6. The van der Waals surface area contributed by atoms with Crippen molar-refractivity contribution < 1.29 is 13.6 Å². The summed E-state index contributed by atoms with van der Waals surface area (Å²) < 4.78 is 27.4. The van der Waals surface area contributed by atoms with Gasteiger partial charge in [0.25, 0.3) is 0 Å². The highest BCUT2D eigenvalue weighted by Gasteiger charge is 2.33. The number of carbonyl (C=O) groups is 1. The summed E-state index contributed by atoms with van der Waals surface area (Å²) in [6.45, 7) is 1.91. The average Bonchev–Trinajstić information content (AvgIpc) is 2.99. The molecule has 0 aliphatic carbocycles. The van der Waals surface area contributed by atoms with Crippen molar-refractivity contribution in [3.05, 3.63) is 40.3 Å². The van der Waals surface area contributed by atoms with Gasteiger partial charge in [-0.15, -0.1) is 0 Å². The van der Waals surface area contributed by atoms with Crippen molar-refractivity contribution in [1.82, 2.24) is 4.98 Å². The molecule has 7 heteroatoms. The number of amides is 1. The van der Waals surface area contributed by atoms with E-state index in [0.717, 1.165) is 42.0 Å². The second kappa shape index (κ2) is 6.12. The first-order valence-electron chi connectivity index (χ1n) is 8.12. The highest BCUT2D eigenvalue weighted by molar-refractivity contribution is 7.16. The largest absolute Gasteiger partial charge is 0.348 e. The van der Waals surface area contributed by atoms with Crippen LogP contribution in [0.4, 0.5) is 19.7 Å². The number of carbonyl (C=O) groups excluding carboxylic acids is 1. The topological polar surface area (TPSA) is 45.2 Å². The molecule has 1 amide bonds. The quantitative estimate of drug-likeness (QED) is 0.895. The van der Waals surface area contributed by atoms with Gasteiger partial charge in [0.15, 0.2) is 5.13 Å². The van der Waals surface area contributed by atoms with E-state index in [1.54, 1.807) is 0 Å². The van der Waals surface area contributed by atoms with Crippen LogP contribution in [0.1, 0.15) is 42.0 Å². The fraction of sp³-hybridized carbons (Fsp3) is 0.412. The highest BCUT2D eigenvalue weighted by atomic mass is 32.1. The Balaban J connectivity index is 1.73. The zero-order chi connectivity index (χ0) is 16.7. The number of hydrogen-bond donors (Lipinski definition) is 1. The van der Waals surface area contributed by atoms with Crippen LogP contribution in [0.15, 0.2) is 18.2 Å². The van der Waals surface area contributed by atoms with Gasteiger partial charge in [-0.1, -0.05) is 17.4 Å². The van der Waals surface area contributed by atoms with Crippen molar-refractivity contribution in [3.63, 3.8) is 0 Å². The van der Waals surface area contributed by atoms with Gasteiger partial charge in [-0.3, -0.25) is 4.79 Å². The molecule has 2 aliphatic heterocycles. The van der Waals surface area contributed by atoms with Gasteiger partial charge < -0.3 is 10.2 Å². The number of fused-ring (bicyclic) bond motifs is 1. The van der Waals surface area contributed by atoms with Crippen LogP contribution in [0, 0.1) is 11.6 Å². The molecule has 1 atom stereocenters. The normalized spacial score (nSPS) is 20.7. The molecule has 24 heavy (non-hydrogen) atoms. The minimum absolute atomic E-state index is 0.150. The van der Waals surface area contributed by atoms with Gasteiger partial charge in [-0.05, 0) is 30.9 Å². The molecule has 1 aromatic carbocycles. The number of anilines is 2. The molecule has 1 fully saturated rings. The Hall–Kier alpha value is -2.02. The van der Waals surface area contributed by atoms with Gasteiger partial charge >= 0.3 is 0 Å². The van der Waals surface area contributed by atoms with E-state index in [4.69, 9.17) is 0 Å². The van der Waals surface area contributed by atoms with Crippen LogP contribution in [0.5, 0.6) is 0 Å². The van der Waals surface area contributed by atoms with Gasteiger partial charge in [-0.2, -0.15) is 0 Å². The minimum atomic E-state index is -0.617. The molecule has 2 aliphatic rings. The predicted molar refractivity (Wildman–Crippen MR) is 89.6 cm³/mol. The summed E-state index contributed by atoms with van der Waals surface area (Å²) in [5.41, 5.74) is 0.348. The number of halogens is 2. The van der Waals surface area contributed by atoms with E-state index in [1.165, 1.54) is 29.9 Å². The van der Waals surface area contributed by atoms with Gasteiger partial charge in [0.2, 0.25) is 5.91 Å². The monoisotopic (exact) mass is 349 g/mol. The molecule has 0 radical (unpaired) electrons. The second-order valence-corrected chi connectivity index (χ2v) is 7.24. The molecule has 1 aromatic heterocycles. The maximum absolute atomic E-state index is 14.2. The Morgan fingerprint density at radius 1 is 1.21 bits per heavy atom. The lowest BCUT2D eigenvalue weighted by Gasteiger charge is -2.25. The third-order valence-corrected chi connectivity index (χ3v) is 5.80. The van der Waals surface area contributed by atoms with Gasteiger partial charge in [0.05, 0.1) is 4.88 Å². The molecular weight excluding hydrogens is 332 g/mol. The summed E-state index contributed by atoms with van der Waals surface area (Å²) >= 11 is 1.50. The maximum Gasteiger partial charge on any atom is 0.226 e. The van der Waals surface area contributed by atoms with Crippen LogP contribution in [-0.2, 0) is 4.79 Å². The van der Waals surface area contributed by atoms with E-state index < -0.39 is 17.6 Å². The second-order valence-electron chi connectivity index (χ2n) is 6.23. The lowest BCUT2D eigenvalue weighted by Crippen LogP contribution is -2.29. The molecule has 0 unspecified atom stereocenters. The van der Waals surface area contributed by atoms with E-state index in [0.29, 0.717) is 11.4 Å². The maximum atomic E-state index is 14.2. The molecule has 1 saturated heterocycles. The number of hydrogen-bond acceptors (Lipinski definition) is 4. The SMILES string of the molecule is O=C1C[C@H](c2ccc(F)cc2F)c2sc(N3CCCCC3)nc2N1. The number of benzene rings is 1. The first kappa shape index (κ1) is 15.5. The molecule has 0 spiro atoms. The third kappa shape index (κ3) is 2.77. The summed E-state index contributed by atoms with van der Waals surface area (Å²) in [6.07, 6.45) is 3.64. The molecule has 126 valence electrons. The fourth-order valence-electron chi connectivity index (χ4n) is 3.36. The fourth-order valence-corrected chi connectivity index (χ4v) is 4.55. The number of rotatable bonds is 2. The third-order valence-electron chi connectivity index (χ3n) is 4.57. The Morgan fingerprint density at radius 3 is 2.75 bits per heavy atom. The van der Waals surface area contributed by atoms with E-state index in [2.05, 4.69) is 15.2 Å². The molecule has 0 saturated carbocycles. The molecule has 2 aromatic rings. The van der Waals surface area contributed by atoms with Crippen molar-refractivity contribution in [1.29, 1.82) is 0 Å². The van der Waals surface area contributed by atoms with Crippen molar-refractivity contribution in [2.24, 2.45) is 0 Å². The molecule has 4 nitrogen and oxygen atoms in total. The van der Waals surface area contributed by atoms with Crippen LogP contribution >= 0.6 is 11.3 Å². The summed E-state index contributed by atoms with van der Waals surface area (Å²) in [7, 11) is 0. The van der Waals surface area contributed by atoms with Crippen LogP contribution in [-0.4, -0.2) is 24.0 Å². The zero-order valence-electron chi connectivity index (χ0n) is 13.0. The molecule has 3 heterocycles. The predicted octanol–water partition coefficient (Wildman–Crippen LogP) is 3.89. The summed E-state index contributed by atoms with van der Waals surface area (Å²) in [4.78, 5) is 19.6. The standard InChI is InChI=1S/C17H17F2N3OS/c18-10-4-5-11(13(19)8-10)12-9-14(23)20-16-15(12)24-17(21-16)22-6-2-1-3-7-22/h4-5,8,12H,1-3,6-7,9H2,(H,20,23)/t12-/m1/s1. The van der Waals surface area contributed by atoms with Crippen molar-refractivity contribution in [3.8, 4) is 0 Å². The van der Waals surface area contributed by atoms with Gasteiger partial charge in [0, 0.05) is 31.5 Å². The molecule has 1 N–H and O–H groups in total. The van der Waals surface area contributed by atoms with Crippen LogP contribution < -0.4 is 10.2 Å². The molecule has 4 rings (SSSR count). The lowest BCUT2D eigenvalue weighted by molar-refractivity contribution is -0.116.